The maximum absolute atomic E-state index is 13.3. The molecule has 1 amide bonds. The zero-order valence-corrected chi connectivity index (χ0v) is 17.9. The second kappa shape index (κ2) is 8.26. The summed E-state index contributed by atoms with van der Waals surface area (Å²) >= 11 is 0. The van der Waals surface area contributed by atoms with E-state index >= 15 is 0 Å². The summed E-state index contributed by atoms with van der Waals surface area (Å²) < 4.78 is 8.32. The average molecular weight is 419 g/mol. The molecule has 2 aromatic carbocycles. The van der Waals surface area contributed by atoms with Crippen molar-refractivity contribution in [3.8, 4) is 0 Å². The third-order valence-electron chi connectivity index (χ3n) is 5.43. The van der Waals surface area contributed by atoms with Gasteiger partial charge in [0, 0.05) is 17.6 Å². The molecule has 0 saturated heterocycles. The molecule has 4 rings (SSSR count). The fraction of sp³-hybridized carbons (Fsp3) is 0.292. The van der Waals surface area contributed by atoms with E-state index in [1.807, 2.05) is 45.0 Å². The predicted octanol–water partition coefficient (Wildman–Crippen LogP) is 3.97. The van der Waals surface area contributed by atoms with Crippen molar-refractivity contribution in [3.63, 3.8) is 0 Å². The number of hydrogen-bond acceptors (Lipinski definition) is 4. The number of para-hydroxylation sites is 1. The molecular weight excluding hydrogens is 394 g/mol. The van der Waals surface area contributed by atoms with Gasteiger partial charge < -0.3 is 9.73 Å². The summed E-state index contributed by atoms with van der Waals surface area (Å²) in [4.78, 5) is 39.1. The third kappa shape index (κ3) is 3.79. The zero-order valence-electron chi connectivity index (χ0n) is 17.9. The highest BCUT2D eigenvalue weighted by atomic mass is 16.3. The number of unbranched alkanes of at least 4 members (excludes halogenated alkanes) is 1. The third-order valence-corrected chi connectivity index (χ3v) is 5.43. The lowest BCUT2D eigenvalue weighted by Crippen LogP contribution is -2.41. The lowest BCUT2D eigenvalue weighted by molar-refractivity contribution is -0.116. The molecule has 31 heavy (non-hydrogen) atoms. The van der Waals surface area contributed by atoms with Crippen LogP contribution in [0.15, 0.2) is 56.5 Å². The van der Waals surface area contributed by atoms with E-state index in [4.69, 9.17) is 4.42 Å². The maximum Gasteiger partial charge on any atom is 0.332 e. The van der Waals surface area contributed by atoms with Gasteiger partial charge in [-0.2, -0.15) is 0 Å². The molecule has 0 saturated carbocycles. The normalized spacial score (nSPS) is 11.3. The van der Waals surface area contributed by atoms with Crippen molar-refractivity contribution < 1.29 is 9.21 Å². The van der Waals surface area contributed by atoms with Crippen molar-refractivity contribution in [1.29, 1.82) is 0 Å². The van der Waals surface area contributed by atoms with Crippen LogP contribution in [0.5, 0.6) is 0 Å². The number of hydrogen-bond donors (Lipinski definition) is 1. The number of aromatic nitrogens is 2. The van der Waals surface area contributed by atoms with Crippen LogP contribution >= 0.6 is 0 Å². The number of carbonyl (C=O) groups is 1. The summed E-state index contributed by atoms with van der Waals surface area (Å²) in [6, 6.07) is 12.9. The van der Waals surface area contributed by atoms with E-state index in [0.29, 0.717) is 28.6 Å². The molecular formula is C24H25N3O4. The minimum absolute atomic E-state index is 0.0937. The van der Waals surface area contributed by atoms with Crippen LogP contribution < -0.4 is 16.6 Å². The van der Waals surface area contributed by atoms with Crippen molar-refractivity contribution in [2.24, 2.45) is 0 Å². The number of anilines is 1. The highest BCUT2D eigenvalue weighted by Gasteiger charge is 2.21. The van der Waals surface area contributed by atoms with E-state index in [0.717, 1.165) is 17.5 Å². The van der Waals surface area contributed by atoms with Gasteiger partial charge in [0.05, 0.1) is 0 Å². The molecule has 2 aromatic heterocycles. The second-order valence-electron chi connectivity index (χ2n) is 7.82. The molecule has 2 heterocycles. The van der Waals surface area contributed by atoms with Gasteiger partial charge in [-0.15, -0.1) is 0 Å². The van der Waals surface area contributed by atoms with Gasteiger partial charge in [0.1, 0.15) is 17.6 Å². The lowest BCUT2D eigenvalue weighted by Gasteiger charge is -2.13. The minimum atomic E-state index is -0.506. The first-order valence-electron chi connectivity index (χ1n) is 10.4. The Morgan fingerprint density at radius 1 is 1.06 bits per heavy atom. The first-order valence-corrected chi connectivity index (χ1v) is 10.4. The Morgan fingerprint density at radius 2 is 1.84 bits per heavy atom. The van der Waals surface area contributed by atoms with E-state index < -0.39 is 11.2 Å². The van der Waals surface area contributed by atoms with Gasteiger partial charge in [-0.05, 0) is 44.0 Å². The Balaban J connectivity index is 1.84. The monoisotopic (exact) mass is 419 g/mol. The summed E-state index contributed by atoms with van der Waals surface area (Å²) in [5.74, 6) is -0.346. The van der Waals surface area contributed by atoms with Gasteiger partial charge >= 0.3 is 5.69 Å². The molecule has 0 fully saturated rings. The average Bonchev–Trinajstić information content (AvgIpc) is 3.13. The van der Waals surface area contributed by atoms with Crippen molar-refractivity contribution >= 4 is 33.7 Å². The van der Waals surface area contributed by atoms with E-state index in [1.54, 1.807) is 18.2 Å². The van der Waals surface area contributed by atoms with E-state index in [9.17, 15) is 14.4 Å². The topological polar surface area (TPSA) is 86.2 Å². The number of furan rings is 1. The maximum atomic E-state index is 13.3. The Kier molecular flexibility index (Phi) is 5.50. The highest BCUT2D eigenvalue weighted by Crippen LogP contribution is 2.25. The molecule has 7 heteroatoms. The standard InChI is InChI=1S/C24H25N3O4/c1-4-5-12-26-23(29)22-21(17-8-6-7-9-19(17)31-22)27(24(26)30)14-20(28)25-18-11-10-15(2)13-16(18)3/h6-11,13H,4-5,12,14H2,1-3H3,(H,25,28). The fourth-order valence-electron chi connectivity index (χ4n) is 3.84. The first-order chi connectivity index (χ1) is 14.9. The molecule has 0 atom stereocenters. The van der Waals surface area contributed by atoms with Gasteiger partial charge in [-0.25, -0.2) is 4.79 Å². The number of carbonyl (C=O) groups excluding carboxylic acids is 1. The molecule has 4 aromatic rings. The van der Waals surface area contributed by atoms with Crippen molar-refractivity contribution in [1.82, 2.24) is 9.13 Å². The summed E-state index contributed by atoms with van der Waals surface area (Å²) in [5, 5.41) is 3.51. The second-order valence-corrected chi connectivity index (χ2v) is 7.82. The molecule has 0 radical (unpaired) electrons. The van der Waals surface area contributed by atoms with Gasteiger partial charge in [-0.3, -0.25) is 18.7 Å². The van der Waals surface area contributed by atoms with Gasteiger partial charge in [0.15, 0.2) is 0 Å². The summed E-state index contributed by atoms with van der Waals surface area (Å²) in [6.45, 7) is 5.94. The molecule has 0 aliphatic carbocycles. The lowest BCUT2D eigenvalue weighted by atomic mass is 10.1. The van der Waals surface area contributed by atoms with Crippen LogP contribution in [0.4, 0.5) is 5.69 Å². The van der Waals surface area contributed by atoms with Crippen LogP contribution in [0, 0.1) is 13.8 Å². The quantitative estimate of drug-likeness (QED) is 0.512. The van der Waals surface area contributed by atoms with E-state index in [-0.39, 0.29) is 24.6 Å². The molecule has 0 spiro atoms. The number of rotatable bonds is 6. The summed E-state index contributed by atoms with van der Waals surface area (Å²) in [6.07, 6.45) is 1.51. The number of benzene rings is 2. The Labute approximate surface area is 178 Å². The van der Waals surface area contributed by atoms with Crippen LogP contribution in [-0.4, -0.2) is 15.0 Å². The Hall–Kier alpha value is -3.61. The largest absolute Gasteiger partial charge is 0.449 e. The number of nitrogens with one attached hydrogen (secondary N) is 1. The summed E-state index contributed by atoms with van der Waals surface area (Å²) in [5.41, 5.74) is 2.71. The van der Waals surface area contributed by atoms with Crippen LogP contribution in [-0.2, 0) is 17.9 Å². The molecule has 0 aliphatic heterocycles. The summed E-state index contributed by atoms with van der Waals surface area (Å²) in [7, 11) is 0. The number of nitrogens with zero attached hydrogens (tertiary/aromatic N) is 2. The van der Waals surface area contributed by atoms with Crippen molar-refractivity contribution in [2.45, 2.75) is 46.7 Å². The number of aryl methyl sites for hydroxylation is 2. The van der Waals surface area contributed by atoms with Gasteiger partial charge in [0.2, 0.25) is 11.5 Å². The number of fused-ring (bicyclic) bond motifs is 3. The van der Waals surface area contributed by atoms with Gasteiger partial charge in [0.25, 0.3) is 5.56 Å². The zero-order chi connectivity index (χ0) is 22.1. The van der Waals surface area contributed by atoms with E-state index in [1.165, 1.54) is 9.13 Å². The van der Waals surface area contributed by atoms with Crippen molar-refractivity contribution in [2.75, 3.05) is 5.32 Å². The van der Waals surface area contributed by atoms with Gasteiger partial charge in [-0.1, -0.05) is 43.2 Å². The Morgan fingerprint density at radius 3 is 2.58 bits per heavy atom. The van der Waals surface area contributed by atoms with Crippen molar-refractivity contribution in [3.05, 3.63) is 74.4 Å². The first kappa shape index (κ1) is 20.7. The van der Waals surface area contributed by atoms with Crippen LogP contribution in [0.2, 0.25) is 0 Å². The fourth-order valence-corrected chi connectivity index (χ4v) is 3.84. The van der Waals surface area contributed by atoms with Crippen LogP contribution in [0.25, 0.3) is 22.1 Å². The SMILES string of the molecule is CCCCn1c(=O)c2oc3ccccc3c2n(CC(=O)Nc2ccc(C)cc2C)c1=O. The smallest absolute Gasteiger partial charge is 0.332 e. The van der Waals surface area contributed by atoms with Crippen LogP contribution in [0.1, 0.15) is 30.9 Å². The highest BCUT2D eigenvalue weighted by molar-refractivity contribution is 6.03. The molecule has 0 aliphatic rings. The molecule has 0 bridgehead atoms. The predicted molar refractivity (Wildman–Crippen MR) is 122 cm³/mol. The number of amides is 1. The van der Waals surface area contributed by atoms with Crippen LogP contribution in [0.3, 0.4) is 0 Å². The molecule has 160 valence electrons. The molecule has 1 N–H and O–H groups in total. The molecule has 7 nitrogen and oxygen atoms in total. The minimum Gasteiger partial charge on any atom is -0.449 e. The Bertz CT molecular complexity index is 1410. The molecule has 0 unspecified atom stereocenters. The van der Waals surface area contributed by atoms with E-state index in [2.05, 4.69) is 5.32 Å².